The van der Waals surface area contributed by atoms with Gasteiger partial charge in [0.25, 0.3) is 0 Å². The maximum atomic E-state index is 10.9. The van der Waals surface area contributed by atoms with E-state index in [0.717, 1.165) is 38.5 Å². The molecule has 0 aromatic rings. The Balaban J connectivity index is 3.69. The minimum absolute atomic E-state index is 0.307. The molecule has 0 aliphatic heterocycles. The fourth-order valence-corrected chi connectivity index (χ4v) is 4.35. The van der Waals surface area contributed by atoms with Crippen molar-refractivity contribution in [2.45, 2.75) is 143 Å². The van der Waals surface area contributed by atoms with Gasteiger partial charge in [-0.05, 0) is 49.4 Å². The summed E-state index contributed by atoms with van der Waals surface area (Å²) in [5, 5.41) is 16.5. The predicted octanol–water partition coefficient (Wildman–Crippen LogP) is 8.09. The summed E-state index contributed by atoms with van der Waals surface area (Å²) >= 11 is 0. The first-order valence-corrected chi connectivity index (χ1v) is 12.8. The molecule has 0 rings (SSSR count). The SMILES string of the molecule is CC(C)(CCCCCCCC(=O)OO)CCCCC(C)(C)CCCCCCCC(=O)OO. The molecular weight excluding hydrogens is 408 g/mol. The summed E-state index contributed by atoms with van der Waals surface area (Å²) in [5.41, 5.74) is 0.792. The van der Waals surface area contributed by atoms with Crippen LogP contribution in [0.2, 0.25) is 0 Å². The van der Waals surface area contributed by atoms with E-state index in [9.17, 15) is 9.59 Å². The second-order valence-corrected chi connectivity index (χ2v) is 11.0. The molecule has 0 heterocycles. The summed E-state index contributed by atoms with van der Waals surface area (Å²) in [6, 6.07) is 0. The standard InChI is InChI=1S/C26H50O6/c1-25(2,19-13-9-5-7-11-17-23(27)31-29)21-15-16-22-26(3,4)20-14-10-6-8-12-18-24(28)32-30/h29-30H,5-22H2,1-4H3. The summed E-state index contributed by atoms with van der Waals surface area (Å²) in [7, 11) is 0. The van der Waals surface area contributed by atoms with Crippen LogP contribution in [0.4, 0.5) is 0 Å². The van der Waals surface area contributed by atoms with Gasteiger partial charge in [0.2, 0.25) is 0 Å². The van der Waals surface area contributed by atoms with Gasteiger partial charge in [-0.3, -0.25) is 0 Å². The summed E-state index contributed by atoms with van der Waals surface area (Å²) in [4.78, 5) is 29.1. The van der Waals surface area contributed by atoms with E-state index in [-0.39, 0.29) is 0 Å². The van der Waals surface area contributed by atoms with Crippen molar-refractivity contribution in [3.63, 3.8) is 0 Å². The van der Waals surface area contributed by atoms with Crippen molar-refractivity contribution < 1.29 is 29.9 Å². The monoisotopic (exact) mass is 458 g/mol. The highest BCUT2D eigenvalue weighted by molar-refractivity contribution is 5.68. The first-order chi connectivity index (χ1) is 15.1. The van der Waals surface area contributed by atoms with Crippen LogP contribution in [0.1, 0.15) is 143 Å². The number of hydrogen-bond donors (Lipinski definition) is 2. The molecule has 2 N–H and O–H groups in total. The number of unbranched alkanes of at least 4 members (excludes halogenated alkanes) is 9. The average molecular weight is 459 g/mol. The van der Waals surface area contributed by atoms with Crippen LogP contribution in [0.15, 0.2) is 0 Å². The highest BCUT2D eigenvalue weighted by Gasteiger charge is 2.20. The zero-order chi connectivity index (χ0) is 24.3. The van der Waals surface area contributed by atoms with Crippen molar-refractivity contribution in [2.75, 3.05) is 0 Å². The van der Waals surface area contributed by atoms with Gasteiger partial charge in [-0.2, -0.15) is 10.5 Å². The molecule has 0 bridgehead atoms. The molecule has 6 heteroatoms. The highest BCUT2D eigenvalue weighted by Crippen LogP contribution is 2.34. The van der Waals surface area contributed by atoms with Crippen LogP contribution in [0, 0.1) is 10.8 Å². The molecule has 0 atom stereocenters. The third kappa shape index (κ3) is 19.5. The maximum Gasteiger partial charge on any atom is 0.342 e. The molecule has 0 aromatic heterocycles. The highest BCUT2D eigenvalue weighted by atomic mass is 17.1. The van der Waals surface area contributed by atoms with Gasteiger partial charge in [-0.25, -0.2) is 9.59 Å². The zero-order valence-corrected chi connectivity index (χ0v) is 21.3. The fraction of sp³-hybridized carbons (Fsp3) is 0.923. The molecule has 32 heavy (non-hydrogen) atoms. The van der Waals surface area contributed by atoms with E-state index in [1.54, 1.807) is 0 Å². The van der Waals surface area contributed by atoms with Gasteiger partial charge in [0, 0.05) is 12.8 Å². The van der Waals surface area contributed by atoms with Crippen molar-refractivity contribution in [1.29, 1.82) is 0 Å². The molecule has 0 aromatic carbocycles. The molecule has 0 amide bonds. The molecule has 0 saturated heterocycles. The quantitative estimate of drug-likeness (QED) is 0.102. The van der Waals surface area contributed by atoms with Crippen LogP contribution in [0.5, 0.6) is 0 Å². The van der Waals surface area contributed by atoms with Gasteiger partial charge in [-0.15, -0.1) is 0 Å². The molecule has 6 nitrogen and oxygen atoms in total. The van der Waals surface area contributed by atoms with E-state index >= 15 is 0 Å². The maximum absolute atomic E-state index is 10.9. The first kappa shape index (κ1) is 30.9. The smallest absolute Gasteiger partial charge is 0.301 e. The summed E-state index contributed by atoms with van der Waals surface area (Å²) in [6.07, 6.45) is 19.0. The van der Waals surface area contributed by atoms with Gasteiger partial charge in [0.1, 0.15) is 0 Å². The Hall–Kier alpha value is -1.14. The Morgan fingerprint density at radius 1 is 0.500 bits per heavy atom. The Morgan fingerprint density at radius 3 is 1.06 bits per heavy atom. The number of carbonyl (C=O) groups is 2. The fourth-order valence-electron chi connectivity index (χ4n) is 4.35. The lowest BCUT2D eigenvalue weighted by atomic mass is 9.78. The van der Waals surface area contributed by atoms with E-state index in [1.807, 2.05) is 0 Å². The van der Waals surface area contributed by atoms with Crippen LogP contribution >= 0.6 is 0 Å². The topological polar surface area (TPSA) is 93.1 Å². The van der Waals surface area contributed by atoms with Gasteiger partial charge in [0.05, 0.1) is 0 Å². The number of rotatable bonds is 21. The summed E-state index contributed by atoms with van der Waals surface area (Å²) < 4.78 is 0. The van der Waals surface area contributed by atoms with Crippen molar-refractivity contribution in [1.82, 2.24) is 0 Å². The largest absolute Gasteiger partial charge is 0.342 e. The predicted molar refractivity (Wildman–Crippen MR) is 128 cm³/mol. The third-order valence-electron chi connectivity index (χ3n) is 6.63. The third-order valence-corrected chi connectivity index (χ3v) is 6.63. The first-order valence-electron chi connectivity index (χ1n) is 12.8. The van der Waals surface area contributed by atoms with Gasteiger partial charge in [0.15, 0.2) is 0 Å². The molecule has 0 aliphatic carbocycles. The van der Waals surface area contributed by atoms with Crippen molar-refractivity contribution in [2.24, 2.45) is 10.8 Å². The molecular formula is C26H50O6. The summed E-state index contributed by atoms with van der Waals surface area (Å²) in [6.45, 7) is 9.54. The van der Waals surface area contributed by atoms with E-state index in [2.05, 4.69) is 37.5 Å². The van der Waals surface area contributed by atoms with Crippen LogP contribution in [-0.2, 0) is 19.4 Å². The molecule has 0 aliphatic rings. The Labute approximate surface area is 196 Å². The van der Waals surface area contributed by atoms with Crippen molar-refractivity contribution >= 4 is 11.9 Å². The number of hydrogen-bond acceptors (Lipinski definition) is 6. The Kier molecular flexibility index (Phi) is 17.7. The van der Waals surface area contributed by atoms with Gasteiger partial charge >= 0.3 is 11.9 Å². The minimum atomic E-state index is -0.533. The second-order valence-electron chi connectivity index (χ2n) is 11.0. The lowest BCUT2D eigenvalue weighted by molar-refractivity contribution is -0.234. The number of carbonyl (C=O) groups excluding carboxylic acids is 2. The van der Waals surface area contributed by atoms with Crippen LogP contribution in [0.25, 0.3) is 0 Å². The molecule has 0 radical (unpaired) electrons. The van der Waals surface area contributed by atoms with E-state index in [4.69, 9.17) is 10.5 Å². The molecule has 190 valence electrons. The van der Waals surface area contributed by atoms with Crippen LogP contribution in [0.3, 0.4) is 0 Å². The normalized spacial score (nSPS) is 12.1. The van der Waals surface area contributed by atoms with E-state index < -0.39 is 11.9 Å². The minimum Gasteiger partial charge on any atom is -0.301 e. The van der Waals surface area contributed by atoms with Crippen molar-refractivity contribution in [3.8, 4) is 0 Å². The molecule has 0 spiro atoms. The van der Waals surface area contributed by atoms with Gasteiger partial charge < -0.3 is 9.78 Å². The zero-order valence-electron chi connectivity index (χ0n) is 21.3. The van der Waals surface area contributed by atoms with Gasteiger partial charge in [-0.1, -0.05) is 91.9 Å². The second kappa shape index (κ2) is 18.3. The van der Waals surface area contributed by atoms with E-state index in [0.29, 0.717) is 23.7 Å². The lowest BCUT2D eigenvalue weighted by Gasteiger charge is -2.27. The Bertz CT molecular complexity index is 443. The lowest BCUT2D eigenvalue weighted by Crippen LogP contribution is -2.14. The summed E-state index contributed by atoms with van der Waals surface area (Å²) in [5.74, 6) is -1.07. The van der Waals surface area contributed by atoms with Crippen LogP contribution < -0.4 is 0 Å². The Morgan fingerprint density at radius 2 is 0.750 bits per heavy atom. The molecule has 0 unspecified atom stereocenters. The molecule has 0 fully saturated rings. The van der Waals surface area contributed by atoms with Crippen molar-refractivity contribution in [3.05, 3.63) is 0 Å². The van der Waals surface area contributed by atoms with E-state index in [1.165, 1.54) is 64.2 Å². The average Bonchev–Trinajstić information content (AvgIpc) is 2.74. The molecule has 0 saturated carbocycles. The van der Waals surface area contributed by atoms with Crippen LogP contribution in [-0.4, -0.2) is 22.5 Å².